The van der Waals surface area contributed by atoms with Crippen LogP contribution in [0.3, 0.4) is 0 Å². The van der Waals surface area contributed by atoms with Crippen LogP contribution >= 0.6 is 0 Å². The summed E-state index contributed by atoms with van der Waals surface area (Å²) in [4.78, 5) is 36.0. The topological polar surface area (TPSA) is 81.7 Å². The summed E-state index contributed by atoms with van der Waals surface area (Å²) in [5, 5.41) is 2.82. The zero-order valence-corrected chi connectivity index (χ0v) is 17.5. The maximum absolute atomic E-state index is 12.4. The van der Waals surface area contributed by atoms with E-state index in [9.17, 15) is 14.4 Å². The molecule has 6 heteroatoms. The zero-order valence-electron chi connectivity index (χ0n) is 17.5. The fraction of sp³-hybridized carbons (Fsp3) is 0.348. The first-order chi connectivity index (χ1) is 13.7. The van der Waals surface area contributed by atoms with Crippen LogP contribution in [-0.4, -0.2) is 30.4 Å². The van der Waals surface area contributed by atoms with Crippen LogP contribution in [-0.2, 0) is 14.3 Å². The highest BCUT2D eigenvalue weighted by atomic mass is 16.6. The molecule has 1 atom stereocenters. The van der Waals surface area contributed by atoms with E-state index in [1.807, 2.05) is 32.9 Å². The summed E-state index contributed by atoms with van der Waals surface area (Å²) in [6.07, 6.45) is -0.538. The Morgan fingerprint density at radius 2 is 1.59 bits per heavy atom. The third kappa shape index (κ3) is 6.17. The van der Waals surface area contributed by atoms with Crippen LogP contribution in [0.5, 0.6) is 5.75 Å². The Morgan fingerprint density at radius 1 is 1.00 bits per heavy atom. The quantitative estimate of drug-likeness (QED) is 0.534. The molecular formula is C23H27NO5. The van der Waals surface area contributed by atoms with Crippen molar-refractivity contribution in [2.24, 2.45) is 0 Å². The molecule has 2 aromatic rings. The van der Waals surface area contributed by atoms with Gasteiger partial charge < -0.3 is 14.8 Å². The number of hydrogen-bond acceptors (Lipinski definition) is 5. The second-order valence-electron chi connectivity index (χ2n) is 6.98. The van der Waals surface area contributed by atoms with Crippen molar-refractivity contribution in [3.05, 3.63) is 58.7 Å². The molecule has 0 spiro atoms. The molecule has 0 aliphatic heterocycles. The Hall–Kier alpha value is -3.15. The standard InChI is InChI=1S/C23H27NO5/c1-6-20(25)18-7-9-19(10-8-18)28-13-21(26)29-17(5)23(27)24-22-15(3)11-14(2)12-16(22)4/h7-12,17H,6,13H2,1-5H3,(H,24,27)/t17-/m0/s1. The van der Waals surface area contributed by atoms with E-state index >= 15 is 0 Å². The third-order valence-electron chi connectivity index (χ3n) is 4.46. The lowest BCUT2D eigenvalue weighted by atomic mass is 10.0. The predicted molar refractivity (Wildman–Crippen MR) is 111 cm³/mol. The summed E-state index contributed by atoms with van der Waals surface area (Å²) in [5.74, 6) is -0.581. The number of esters is 1. The monoisotopic (exact) mass is 397 g/mol. The number of carbonyl (C=O) groups excluding carboxylic acids is 3. The maximum Gasteiger partial charge on any atom is 0.344 e. The molecule has 29 heavy (non-hydrogen) atoms. The Morgan fingerprint density at radius 3 is 2.14 bits per heavy atom. The second-order valence-corrected chi connectivity index (χ2v) is 6.98. The molecule has 0 fully saturated rings. The third-order valence-corrected chi connectivity index (χ3v) is 4.46. The average Bonchev–Trinajstić information content (AvgIpc) is 2.68. The van der Waals surface area contributed by atoms with Gasteiger partial charge in [-0.25, -0.2) is 4.79 Å². The van der Waals surface area contributed by atoms with Crippen molar-refractivity contribution in [3.63, 3.8) is 0 Å². The van der Waals surface area contributed by atoms with E-state index in [0.29, 0.717) is 17.7 Å². The minimum Gasteiger partial charge on any atom is -0.482 e. The number of amides is 1. The lowest BCUT2D eigenvalue weighted by Gasteiger charge is -2.17. The lowest BCUT2D eigenvalue weighted by molar-refractivity contribution is -0.155. The van der Waals surface area contributed by atoms with Gasteiger partial charge in [0.2, 0.25) is 0 Å². The van der Waals surface area contributed by atoms with E-state index in [-0.39, 0.29) is 12.4 Å². The van der Waals surface area contributed by atoms with Gasteiger partial charge in [0, 0.05) is 17.7 Å². The molecule has 0 radical (unpaired) electrons. The Labute approximate surface area is 171 Å². The fourth-order valence-electron chi connectivity index (χ4n) is 2.97. The van der Waals surface area contributed by atoms with E-state index in [2.05, 4.69) is 5.32 Å². The Kier molecular flexibility index (Phi) is 7.53. The summed E-state index contributed by atoms with van der Waals surface area (Å²) in [6.45, 7) is 8.80. The zero-order chi connectivity index (χ0) is 21.6. The number of aryl methyl sites for hydroxylation is 3. The van der Waals surface area contributed by atoms with Gasteiger partial charge in [0.1, 0.15) is 5.75 Å². The number of ether oxygens (including phenoxy) is 2. The van der Waals surface area contributed by atoms with Crippen LogP contribution in [0.1, 0.15) is 47.3 Å². The van der Waals surface area contributed by atoms with Crippen molar-refractivity contribution < 1.29 is 23.9 Å². The van der Waals surface area contributed by atoms with Gasteiger partial charge in [0.15, 0.2) is 18.5 Å². The minimum absolute atomic E-state index is 0.0369. The number of anilines is 1. The van der Waals surface area contributed by atoms with Gasteiger partial charge >= 0.3 is 5.97 Å². The number of rotatable bonds is 8. The molecule has 0 bridgehead atoms. The molecule has 6 nitrogen and oxygen atoms in total. The summed E-state index contributed by atoms with van der Waals surface area (Å²) in [6, 6.07) is 10.5. The van der Waals surface area contributed by atoms with Gasteiger partial charge in [-0.2, -0.15) is 0 Å². The van der Waals surface area contributed by atoms with Crippen LogP contribution in [0, 0.1) is 20.8 Å². The van der Waals surface area contributed by atoms with Crippen molar-refractivity contribution in [2.45, 2.75) is 47.1 Å². The molecule has 2 aromatic carbocycles. The van der Waals surface area contributed by atoms with Crippen molar-refractivity contribution in [2.75, 3.05) is 11.9 Å². The molecule has 1 N–H and O–H groups in total. The molecule has 0 aliphatic carbocycles. The summed E-state index contributed by atoms with van der Waals surface area (Å²) in [5.41, 5.74) is 4.32. The molecule has 2 rings (SSSR count). The number of ketones is 1. The largest absolute Gasteiger partial charge is 0.482 e. The van der Waals surface area contributed by atoms with E-state index in [1.54, 1.807) is 31.2 Å². The van der Waals surface area contributed by atoms with Crippen LogP contribution in [0.15, 0.2) is 36.4 Å². The number of carbonyl (C=O) groups is 3. The van der Waals surface area contributed by atoms with Crippen LogP contribution in [0.25, 0.3) is 0 Å². The molecule has 154 valence electrons. The first-order valence-corrected chi connectivity index (χ1v) is 9.55. The minimum atomic E-state index is -0.962. The fourth-order valence-corrected chi connectivity index (χ4v) is 2.97. The SMILES string of the molecule is CCC(=O)c1ccc(OCC(=O)O[C@@H](C)C(=O)Nc2c(C)cc(C)cc2C)cc1. The molecule has 0 saturated carbocycles. The highest BCUT2D eigenvalue weighted by Crippen LogP contribution is 2.22. The van der Waals surface area contributed by atoms with Crippen molar-refractivity contribution in [1.82, 2.24) is 0 Å². The number of hydrogen-bond donors (Lipinski definition) is 1. The van der Waals surface area contributed by atoms with E-state index in [1.165, 1.54) is 6.92 Å². The van der Waals surface area contributed by atoms with Crippen LogP contribution < -0.4 is 10.1 Å². The van der Waals surface area contributed by atoms with Gasteiger partial charge in [-0.3, -0.25) is 9.59 Å². The predicted octanol–water partition coefficient (Wildman–Crippen LogP) is 4.15. The number of benzene rings is 2. The smallest absolute Gasteiger partial charge is 0.344 e. The molecular weight excluding hydrogens is 370 g/mol. The van der Waals surface area contributed by atoms with Crippen LogP contribution in [0.4, 0.5) is 5.69 Å². The Balaban J connectivity index is 1.87. The highest BCUT2D eigenvalue weighted by Gasteiger charge is 2.19. The van der Waals surface area contributed by atoms with Crippen LogP contribution in [0.2, 0.25) is 0 Å². The van der Waals surface area contributed by atoms with Gasteiger partial charge in [0.25, 0.3) is 5.91 Å². The average molecular weight is 397 g/mol. The normalized spacial score (nSPS) is 11.5. The number of Topliss-reactive ketones (excluding diaryl/α,β-unsaturated/α-hetero) is 1. The van der Waals surface area contributed by atoms with E-state index < -0.39 is 18.0 Å². The van der Waals surface area contributed by atoms with E-state index in [0.717, 1.165) is 22.4 Å². The van der Waals surface area contributed by atoms with Gasteiger partial charge in [-0.15, -0.1) is 0 Å². The molecule has 0 aliphatic rings. The summed E-state index contributed by atoms with van der Waals surface area (Å²) < 4.78 is 10.5. The molecule has 0 aromatic heterocycles. The summed E-state index contributed by atoms with van der Waals surface area (Å²) in [7, 11) is 0. The molecule has 0 saturated heterocycles. The van der Waals surface area contributed by atoms with Crippen molar-refractivity contribution >= 4 is 23.3 Å². The highest BCUT2D eigenvalue weighted by molar-refractivity contribution is 5.96. The maximum atomic E-state index is 12.4. The molecule has 0 heterocycles. The van der Waals surface area contributed by atoms with Crippen molar-refractivity contribution in [3.8, 4) is 5.75 Å². The number of nitrogens with one attached hydrogen (secondary N) is 1. The van der Waals surface area contributed by atoms with Gasteiger partial charge in [0.05, 0.1) is 0 Å². The van der Waals surface area contributed by atoms with E-state index in [4.69, 9.17) is 9.47 Å². The molecule has 0 unspecified atom stereocenters. The Bertz CT molecular complexity index is 879. The van der Waals surface area contributed by atoms with Gasteiger partial charge in [-0.1, -0.05) is 24.6 Å². The molecule has 1 amide bonds. The first kappa shape index (κ1) is 22.1. The van der Waals surface area contributed by atoms with Gasteiger partial charge in [-0.05, 0) is 63.1 Å². The first-order valence-electron chi connectivity index (χ1n) is 9.55. The van der Waals surface area contributed by atoms with Crippen molar-refractivity contribution in [1.29, 1.82) is 0 Å². The summed E-state index contributed by atoms with van der Waals surface area (Å²) >= 11 is 0. The second kappa shape index (κ2) is 9.87. The lowest BCUT2D eigenvalue weighted by Crippen LogP contribution is -2.32.